The van der Waals surface area contributed by atoms with Crippen LogP contribution in [0.2, 0.25) is 10.0 Å². The molecule has 2 aromatic rings. The molecule has 0 N–H and O–H groups in total. The van der Waals surface area contributed by atoms with Crippen LogP contribution in [0, 0.1) is 6.92 Å². The highest BCUT2D eigenvalue weighted by atomic mass is 35.5. The van der Waals surface area contributed by atoms with Gasteiger partial charge >= 0.3 is 0 Å². The SMILES string of the molecule is Cc1ccc(OC2CCCN(C(=O)c3cc(Cl)ccc3Cl)C2)nn1. The fourth-order valence-corrected chi connectivity index (χ4v) is 3.04. The summed E-state index contributed by atoms with van der Waals surface area (Å²) in [7, 11) is 0. The summed E-state index contributed by atoms with van der Waals surface area (Å²) in [5, 5.41) is 8.88. The first kappa shape index (κ1) is 17.0. The summed E-state index contributed by atoms with van der Waals surface area (Å²) >= 11 is 12.1. The molecule has 0 radical (unpaired) electrons. The topological polar surface area (TPSA) is 55.3 Å². The predicted molar refractivity (Wildman–Crippen MR) is 92.8 cm³/mol. The lowest BCUT2D eigenvalue weighted by atomic mass is 10.1. The molecule has 0 spiro atoms. The quantitative estimate of drug-likeness (QED) is 0.830. The number of carbonyl (C=O) groups excluding carboxylic acids is 1. The number of piperidine rings is 1. The number of rotatable bonds is 3. The predicted octanol–water partition coefficient (Wildman–Crippen LogP) is 3.78. The Morgan fingerprint density at radius 1 is 1.25 bits per heavy atom. The summed E-state index contributed by atoms with van der Waals surface area (Å²) < 4.78 is 5.85. The molecule has 1 aliphatic heterocycles. The molecule has 1 amide bonds. The van der Waals surface area contributed by atoms with E-state index in [2.05, 4.69) is 10.2 Å². The second-order valence-corrected chi connectivity index (χ2v) is 6.61. The number of benzene rings is 1. The van der Waals surface area contributed by atoms with Crippen molar-refractivity contribution in [2.45, 2.75) is 25.9 Å². The molecule has 24 heavy (non-hydrogen) atoms. The van der Waals surface area contributed by atoms with Gasteiger partial charge in [-0.25, -0.2) is 0 Å². The maximum absolute atomic E-state index is 12.7. The zero-order chi connectivity index (χ0) is 17.1. The molecule has 1 aromatic heterocycles. The zero-order valence-corrected chi connectivity index (χ0v) is 14.7. The van der Waals surface area contributed by atoms with Gasteiger partial charge in [-0.15, -0.1) is 5.10 Å². The molecule has 5 nitrogen and oxygen atoms in total. The van der Waals surface area contributed by atoms with Crippen LogP contribution in [0.4, 0.5) is 0 Å². The van der Waals surface area contributed by atoms with Gasteiger partial charge in [-0.1, -0.05) is 23.2 Å². The lowest BCUT2D eigenvalue weighted by Crippen LogP contribution is -2.44. The number of aromatic nitrogens is 2. The van der Waals surface area contributed by atoms with Gasteiger partial charge < -0.3 is 9.64 Å². The minimum Gasteiger partial charge on any atom is -0.471 e. The second kappa shape index (κ2) is 7.36. The number of carbonyl (C=O) groups is 1. The van der Waals surface area contributed by atoms with Crippen LogP contribution in [0.25, 0.3) is 0 Å². The van der Waals surface area contributed by atoms with E-state index in [-0.39, 0.29) is 12.0 Å². The Morgan fingerprint density at radius 3 is 2.83 bits per heavy atom. The summed E-state index contributed by atoms with van der Waals surface area (Å²) in [6.07, 6.45) is 1.61. The molecular weight excluding hydrogens is 349 g/mol. The summed E-state index contributed by atoms with van der Waals surface area (Å²) in [6, 6.07) is 8.54. The van der Waals surface area contributed by atoms with E-state index in [1.54, 1.807) is 29.2 Å². The molecule has 126 valence electrons. The van der Waals surface area contributed by atoms with Crippen molar-refractivity contribution in [1.82, 2.24) is 15.1 Å². The normalized spacial score (nSPS) is 17.6. The Balaban J connectivity index is 1.69. The van der Waals surface area contributed by atoms with Crippen LogP contribution in [0.3, 0.4) is 0 Å². The van der Waals surface area contributed by atoms with Crippen molar-refractivity contribution in [2.24, 2.45) is 0 Å². The van der Waals surface area contributed by atoms with Crippen molar-refractivity contribution in [3.8, 4) is 5.88 Å². The minimum absolute atomic E-state index is 0.113. The van der Waals surface area contributed by atoms with Gasteiger partial charge in [0.25, 0.3) is 5.91 Å². The molecule has 1 atom stereocenters. The fraction of sp³-hybridized carbons (Fsp3) is 0.353. The Hall–Kier alpha value is -1.85. The standard InChI is InChI=1S/C17H17Cl2N3O2/c1-11-4-7-16(21-20-11)24-13-3-2-8-22(10-13)17(23)14-9-12(18)5-6-15(14)19/h4-7,9,13H,2-3,8,10H2,1H3. The molecule has 1 aromatic carbocycles. The summed E-state index contributed by atoms with van der Waals surface area (Å²) in [5.74, 6) is 0.339. The van der Waals surface area contributed by atoms with E-state index in [1.807, 2.05) is 13.0 Å². The van der Waals surface area contributed by atoms with E-state index in [0.717, 1.165) is 18.5 Å². The molecule has 0 saturated carbocycles. The van der Waals surface area contributed by atoms with Crippen molar-refractivity contribution >= 4 is 29.1 Å². The van der Waals surface area contributed by atoms with Crippen LogP contribution < -0.4 is 4.74 Å². The summed E-state index contributed by atoms with van der Waals surface area (Å²) in [5.41, 5.74) is 1.25. The van der Waals surface area contributed by atoms with Crippen molar-refractivity contribution in [3.63, 3.8) is 0 Å². The molecule has 2 heterocycles. The highest BCUT2D eigenvalue weighted by molar-refractivity contribution is 6.35. The smallest absolute Gasteiger partial charge is 0.255 e. The van der Waals surface area contributed by atoms with Crippen molar-refractivity contribution < 1.29 is 9.53 Å². The monoisotopic (exact) mass is 365 g/mol. The maximum atomic E-state index is 12.7. The molecule has 7 heteroatoms. The van der Waals surface area contributed by atoms with E-state index >= 15 is 0 Å². The molecule has 3 rings (SSSR count). The van der Waals surface area contributed by atoms with Crippen LogP contribution in [0.5, 0.6) is 5.88 Å². The Kier molecular flexibility index (Phi) is 5.21. The van der Waals surface area contributed by atoms with Gasteiger partial charge in [0.15, 0.2) is 0 Å². The first-order chi connectivity index (χ1) is 11.5. The average molecular weight is 366 g/mol. The number of likely N-dealkylation sites (tertiary alicyclic amines) is 1. The molecule has 1 aliphatic rings. The number of aryl methyl sites for hydroxylation is 1. The van der Waals surface area contributed by atoms with Crippen LogP contribution in [-0.4, -0.2) is 40.2 Å². The lowest BCUT2D eigenvalue weighted by molar-refractivity contribution is 0.0525. The Bertz CT molecular complexity index is 737. The first-order valence-corrected chi connectivity index (χ1v) is 8.50. The third-order valence-corrected chi connectivity index (χ3v) is 4.45. The van der Waals surface area contributed by atoms with Gasteiger partial charge in [0.2, 0.25) is 5.88 Å². The highest BCUT2D eigenvalue weighted by Crippen LogP contribution is 2.24. The van der Waals surface area contributed by atoms with Crippen molar-refractivity contribution in [1.29, 1.82) is 0 Å². The zero-order valence-electron chi connectivity index (χ0n) is 13.2. The number of halogens is 2. The minimum atomic E-state index is -0.134. The van der Waals surface area contributed by atoms with E-state index < -0.39 is 0 Å². The number of hydrogen-bond acceptors (Lipinski definition) is 4. The van der Waals surface area contributed by atoms with Crippen LogP contribution in [-0.2, 0) is 0 Å². The average Bonchev–Trinajstić information content (AvgIpc) is 2.59. The number of ether oxygens (including phenoxy) is 1. The van der Waals surface area contributed by atoms with Crippen molar-refractivity contribution in [3.05, 3.63) is 51.6 Å². The maximum Gasteiger partial charge on any atom is 0.255 e. The van der Waals surface area contributed by atoms with E-state index in [9.17, 15) is 4.79 Å². The Morgan fingerprint density at radius 2 is 2.08 bits per heavy atom. The summed E-state index contributed by atoms with van der Waals surface area (Å²) in [6.45, 7) is 3.02. The third-order valence-electron chi connectivity index (χ3n) is 3.89. The Labute approximate surface area is 150 Å². The molecule has 0 bridgehead atoms. The first-order valence-electron chi connectivity index (χ1n) is 7.74. The van der Waals surface area contributed by atoms with Gasteiger partial charge in [0.05, 0.1) is 22.8 Å². The lowest BCUT2D eigenvalue weighted by Gasteiger charge is -2.32. The summed E-state index contributed by atoms with van der Waals surface area (Å²) in [4.78, 5) is 14.5. The number of hydrogen-bond donors (Lipinski definition) is 0. The second-order valence-electron chi connectivity index (χ2n) is 5.77. The fourth-order valence-electron chi connectivity index (χ4n) is 2.67. The van der Waals surface area contributed by atoms with Gasteiger partial charge in [0, 0.05) is 17.6 Å². The van der Waals surface area contributed by atoms with Gasteiger partial charge in [-0.05, 0) is 44.0 Å². The molecule has 1 saturated heterocycles. The van der Waals surface area contributed by atoms with Crippen molar-refractivity contribution in [2.75, 3.05) is 13.1 Å². The van der Waals surface area contributed by atoms with Gasteiger partial charge in [-0.2, -0.15) is 5.10 Å². The van der Waals surface area contributed by atoms with Crippen LogP contribution in [0.15, 0.2) is 30.3 Å². The highest BCUT2D eigenvalue weighted by Gasteiger charge is 2.27. The van der Waals surface area contributed by atoms with E-state index in [0.29, 0.717) is 34.6 Å². The number of nitrogens with zero attached hydrogens (tertiary/aromatic N) is 3. The molecule has 0 aliphatic carbocycles. The number of amides is 1. The third kappa shape index (κ3) is 3.97. The largest absolute Gasteiger partial charge is 0.471 e. The van der Waals surface area contributed by atoms with Gasteiger partial charge in [0.1, 0.15) is 6.10 Å². The van der Waals surface area contributed by atoms with Crippen LogP contribution in [0.1, 0.15) is 28.9 Å². The van der Waals surface area contributed by atoms with E-state index in [4.69, 9.17) is 27.9 Å². The molecule has 1 unspecified atom stereocenters. The molecular formula is C17H17Cl2N3O2. The van der Waals surface area contributed by atoms with E-state index in [1.165, 1.54) is 0 Å². The van der Waals surface area contributed by atoms with Gasteiger partial charge in [-0.3, -0.25) is 4.79 Å². The van der Waals surface area contributed by atoms with Crippen LogP contribution >= 0.6 is 23.2 Å². The molecule has 1 fully saturated rings.